The molecule has 1 aromatic heterocycles. The van der Waals surface area contributed by atoms with Crippen molar-refractivity contribution in [3.8, 4) is 0 Å². The first kappa shape index (κ1) is 14.9. The molecule has 0 atom stereocenters. The third-order valence-electron chi connectivity index (χ3n) is 2.70. The lowest BCUT2D eigenvalue weighted by Crippen LogP contribution is -2.35. The fraction of sp³-hybridized carbons (Fsp3) is 0.429. The van der Waals surface area contributed by atoms with Gasteiger partial charge in [0.15, 0.2) is 5.82 Å². The first-order chi connectivity index (χ1) is 9.33. The predicted octanol–water partition coefficient (Wildman–Crippen LogP) is 3.01. The number of hydrogen-bond acceptors (Lipinski definition) is 3. The Hall–Kier alpha value is -1.46. The van der Waals surface area contributed by atoms with Gasteiger partial charge in [-0.15, -0.1) is 0 Å². The Kier molecular flexibility index (Phi) is 4.40. The van der Waals surface area contributed by atoms with Crippen LogP contribution in [0.15, 0.2) is 24.5 Å². The van der Waals surface area contributed by atoms with Crippen LogP contribution in [0.3, 0.4) is 0 Å². The number of nitrogens with one attached hydrogen (secondary N) is 1. The van der Waals surface area contributed by atoms with E-state index in [2.05, 4.69) is 36.2 Å². The second-order valence-corrected chi connectivity index (χ2v) is 6.13. The van der Waals surface area contributed by atoms with Crippen molar-refractivity contribution >= 4 is 11.6 Å². The van der Waals surface area contributed by atoms with E-state index >= 15 is 0 Å². The molecule has 108 valence electrons. The Labute approximate surface area is 123 Å². The van der Waals surface area contributed by atoms with E-state index in [4.69, 9.17) is 11.6 Å². The molecule has 2 rings (SSSR count). The highest BCUT2D eigenvalue weighted by molar-refractivity contribution is 6.30. The monoisotopic (exact) mass is 296 g/mol. The van der Waals surface area contributed by atoms with Gasteiger partial charge in [0.25, 0.3) is 0 Å². The van der Waals surface area contributed by atoms with Crippen molar-refractivity contribution in [2.75, 3.05) is 0 Å². The van der Waals surface area contributed by atoms with E-state index in [-0.39, 0.29) is 11.4 Å². The summed E-state index contributed by atoms with van der Waals surface area (Å²) < 4.78 is 15.2. The Morgan fingerprint density at radius 1 is 1.35 bits per heavy atom. The van der Waals surface area contributed by atoms with Crippen LogP contribution >= 0.6 is 11.6 Å². The highest BCUT2D eigenvalue weighted by Gasteiger charge is 2.11. The third-order valence-corrected chi connectivity index (χ3v) is 2.94. The molecule has 0 saturated carbocycles. The van der Waals surface area contributed by atoms with Crippen LogP contribution in [0.25, 0.3) is 0 Å². The molecule has 4 nitrogen and oxygen atoms in total. The highest BCUT2D eigenvalue weighted by Crippen LogP contribution is 2.15. The Bertz CT molecular complexity index is 589. The summed E-state index contributed by atoms with van der Waals surface area (Å²) >= 11 is 5.87. The minimum Gasteiger partial charge on any atom is -0.305 e. The van der Waals surface area contributed by atoms with Crippen molar-refractivity contribution < 1.29 is 4.39 Å². The molecule has 0 saturated heterocycles. The number of nitrogens with zero attached hydrogens (tertiary/aromatic N) is 3. The zero-order valence-corrected chi connectivity index (χ0v) is 12.6. The summed E-state index contributed by atoms with van der Waals surface area (Å²) in [5, 5.41) is 8.13. The van der Waals surface area contributed by atoms with E-state index < -0.39 is 0 Å². The van der Waals surface area contributed by atoms with Gasteiger partial charge < -0.3 is 5.32 Å². The van der Waals surface area contributed by atoms with Gasteiger partial charge in [-0.1, -0.05) is 11.6 Å². The molecule has 1 aromatic carbocycles. The van der Waals surface area contributed by atoms with Crippen molar-refractivity contribution in [1.29, 1.82) is 0 Å². The highest BCUT2D eigenvalue weighted by atomic mass is 35.5. The van der Waals surface area contributed by atoms with E-state index in [1.165, 1.54) is 12.1 Å². The maximum atomic E-state index is 13.6. The number of aromatic nitrogens is 3. The van der Waals surface area contributed by atoms with E-state index in [1.54, 1.807) is 17.1 Å². The molecule has 0 spiro atoms. The fourth-order valence-corrected chi connectivity index (χ4v) is 1.87. The zero-order valence-electron chi connectivity index (χ0n) is 11.8. The van der Waals surface area contributed by atoms with Crippen LogP contribution < -0.4 is 5.32 Å². The smallest absolute Gasteiger partial charge is 0.164 e. The molecule has 0 aliphatic carbocycles. The SMILES string of the molecule is CC(C)(C)NCc1ncn(Cc2cc(Cl)ccc2F)n1. The van der Waals surface area contributed by atoms with Crippen molar-refractivity contribution in [2.45, 2.75) is 39.4 Å². The topological polar surface area (TPSA) is 42.7 Å². The molecule has 0 fully saturated rings. The van der Waals surface area contributed by atoms with Gasteiger partial charge in [0, 0.05) is 16.1 Å². The lowest BCUT2D eigenvalue weighted by Gasteiger charge is -2.19. The van der Waals surface area contributed by atoms with Crippen LogP contribution in [0.1, 0.15) is 32.2 Å². The Morgan fingerprint density at radius 3 is 2.80 bits per heavy atom. The third kappa shape index (κ3) is 4.28. The van der Waals surface area contributed by atoms with Gasteiger partial charge in [0.05, 0.1) is 13.1 Å². The van der Waals surface area contributed by atoms with E-state index in [0.29, 0.717) is 29.5 Å². The van der Waals surface area contributed by atoms with Crippen molar-refractivity contribution in [3.63, 3.8) is 0 Å². The molecule has 0 aliphatic rings. The number of halogens is 2. The van der Waals surface area contributed by atoms with E-state index in [9.17, 15) is 4.39 Å². The van der Waals surface area contributed by atoms with Gasteiger partial charge in [0.2, 0.25) is 0 Å². The largest absolute Gasteiger partial charge is 0.305 e. The van der Waals surface area contributed by atoms with Gasteiger partial charge in [-0.05, 0) is 39.0 Å². The van der Waals surface area contributed by atoms with Gasteiger partial charge in [-0.25, -0.2) is 14.1 Å². The van der Waals surface area contributed by atoms with E-state index in [0.717, 1.165) is 0 Å². The molecular formula is C14H18ClFN4. The van der Waals surface area contributed by atoms with Gasteiger partial charge >= 0.3 is 0 Å². The molecule has 20 heavy (non-hydrogen) atoms. The van der Waals surface area contributed by atoms with Crippen molar-refractivity contribution in [1.82, 2.24) is 20.1 Å². The lowest BCUT2D eigenvalue weighted by atomic mass is 10.1. The summed E-state index contributed by atoms with van der Waals surface area (Å²) in [6, 6.07) is 4.49. The summed E-state index contributed by atoms with van der Waals surface area (Å²) in [5.74, 6) is 0.390. The normalized spacial score (nSPS) is 11.8. The van der Waals surface area contributed by atoms with E-state index in [1.807, 2.05) is 0 Å². The predicted molar refractivity (Wildman–Crippen MR) is 77.1 cm³/mol. The molecule has 0 bridgehead atoms. The summed E-state index contributed by atoms with van der Waals surface area (Å²) in [5.41, 5.74) is 0.502. The minimum atomic E-state index is -0.292. The molecule has 1 N–H and O–H groups in total. The number of hydrogen-bond donors (Lipinski definition) is 1. The maximum absolute atomic E-state index is 13.6. The summed E-state index contributed by atoms with van der Waals surface area (Å²) in [7, 11) is 0. The van der Waals surface area contributed by atoms with Crippen molar-refractivity contribution in [3.05, 3.63) is 46.8 Å². The molecule has 0 amide bonds. The van der Waals surface area contributed by atoms with Gasteiger partial charge in [-0.3, -0.25) is 0 Å². The second kappa shape index (κ2) is 5.89. The Morgan fingerprint density at radius 2 is 2.10 bits per heavy atom. The first-order valence-electron chi connectivity index (χ1n) is 6.41. The number of rotatable bonds is 4. The zero-order chi connectivity index (χ0) is 14.8. The van der Waals surface area contributed by atoms with Crippen LogP contribution in [0.4, 0.5) is 4.39 Å². The van der Waals surface area contributed by atoms with Gasteiger partial charge in [-0.2, -0.15) is 5.10 Å². The average Bonchev–Trinajstić information content (AvgIpc) is 2.78. The van der Waals surface area contributed by atoms with Crippen LogP contribution in [-0.4, -0.2) is 20.3 Å². The molecule has 6 heteroatoms. The summed E-state index contributed by atoms with van der Waals surface area (Å²) in [6.07, 6.45) is 1.60. The van der Waals surface area contributed by atoms with Crippen LogP contribution in [-0.2, 0) is 13.1 Å². The summed E-state index contributed by atoms with van der Waals surface area (Å²) in [6.45, 7) is 7.12. The standard InChI is InChI=1S/C14H18ClFN4/c1-14(2,3)18-7-13-17-9-20(19-13)8-10-6-11(15)4-5-12(10)16/h4-6,9,18H,7-8H2,1-3H3. The summed E-state index contributed by atoms with van der Waals surface area (Å²) in [4.78, 5) is 4.20. The minimum absolute atomic E-state index is 0.00449. The maximum Gasteiger partial charge on any atom is 0.164 e. The molecule has 2 aromatic rings. The lowest BCUT2D eigenvalue weighted by molar-refractivity contribution is 0.417. The fourth-order valence-electron chi connectivity index (χ4n) is 1.67. The molecular weight excluding hydrogens is 279 g/mol. The first-order valence-corrected chi connectivity index (χ1v) is 6.78. The van der Waals surface area contributed by atoms with Gasteiger partial charge in [0.1, 0.15) is 12.1 Å². The molecule has 0 unspecified atom stereocenters. The van der Waals surface area contributed by atoms with Crippen molar-refractivity contribution in [2.24, 2.45) is 0 Å². The number of benzene rings is 1. The van der Waals surface area contributed by atoms with Crippen LogP contribution in [0.5, 0.6) is 0 Å². The molecule has 0 radical (unpaired) electrons. The van der Waals surface area contributed by atoms with Crippen LogP contribution in [0, 0.1) is 5.82 Å². The second-order valence-electron chi connectivity index (χ2n) is 5.70. The molecule has 1 heterocycles. The van der Waals surface area contributed by atoms with Crippen LogP contribution in [0.2, 0.25) is 5.02 Å². The average molecular weight is 297 g/mol. The molecule has 0 aliphatic heterocycles. The quantitative estimate of drug-likeness (QED) is 0.943. The Balaban J connectivity index is 2.04.